The molecule has 1 aromatic carbocycles. The summed E-state index contributed by atoms with van der Waals surface area (Å²) in [6.45, 7) is 0. The highest BCUT2D eigenvalue weighted by Crippen LogP contribution is 2.29. The van der Waals surface area contributed by atoms with E-state index in [1.165, 1.54) is 12.3 Å². The van der Waals surface area contributed by atoms with Crippen molar-refractivity contribution in [2.24, 2.45) is 0 Å². The first kappa shape index (κ1) is 17.1. The lowest BCUT2D eigenvalue weighted by atomic mass is 10.0. The summed E-state index contributed by atoms with van der Waals surface area (Å²) in [5.41, 5.74) is 1.02. The molecule has 23 heavy (non-hydrogen) atoms. The van der Waals surface area contributed by atoms with Gasteiger partial charge in [-0.15, -0.1) is 0 Å². The average Bonchev–Trinajstić information content (AvgIpc) is 2.54. The molecule has 2 rings (SSSR count). The maximum atomic E-state index is 12.4. The number of alkyl halides is 3. The Morgan fingerprint density at radius 1 is 0.913 bits per heavy atom. The zero-order valence-electron chi connectivity index (χ0n) is 13.0. The van der Waals surface area contributed by atoms with Crippen LogP contribution in [0.5, 0.6) is 11.5 Å². The number of rotatable bonds is 6. The molecular formula is C17H18F3NO2. The van der Waals surface area contributed by atoms with E-state index in [0.29, 0.717) is 17.9 Å². The van der Waals surface area contributed by atoms with Gasteiger partial charge < -0.3 is 9.47 Å². The van der Waals surface area contributed by atoms with Gasteiger partial charge in [-0.1, -0.05) is 12.1 Å². The molecule has 0 aliphatic rings. The van der Waals surface area contributed by atoms with Crippen LogP contribution in [-0.4, -0.2) is 19.2 Å². The van der Waals surface area contributed by atoms with Gasteiger partial charge in [-0.05, 0) is 48.6 Å². The van der Waals surface area contributed by atoms with Gasteiger partial charge in [-0.3, -0.25) is 4.98 Å². The Hall–Kier alpha value is -2.24. The van der Waals surface area contributed by atoms with E-state index in [1.54, 1.807) is 14.2 Å². The normalized spacial score (nSPS) is 11.3. The number of hydrogen-bond acceptors (Lipinski definition) is 3. The van der Waals surface area contributed by atoms with Crippen LogP contribution >= 0.6 is 0 Å². The fraction of sp³-hybridized carbons (Fsp3) is 0.353. The van der Waals surface area contributed by atoms with Crippen LogP contribution in [0.1, 0.15) is 23.2 Å². The summed E-state index contributed by atoms with van der Waals surface area (Å²) in [6.07, 6.45) is -0.834. The largest absolute Gasteiger partial charge is 0.493 e. The van der Waals surface area contributed by atoms with Crippen LogP contribution in [0.2, 0.25) is 0 Å². The number of pyridine rings is 1. The molecule has 0 aliphatic carbocycles. The van der Waals surface area contributed by atoms with Crippen molar-refractivity contribution in [3.8, 4) is 11.5 Å². The lowest BCUT2D eigenvalue weighted by Crippen LogP contribution is -2.07. The van der Waals surface area contributed by atoms with Crippen molar-refractivity contribution in [3.05, 3.63) is 53.3 Å². The smallest absolute Gasteiger partial charge is 0.433 e. The Bertz CT molecular complexity index is 639. The highest BCUT2D eigenvalue weighted by molar-refractivity contribution is 5.42. The minimum atomic E-state index is -4.39. The number of aryl methyl sites for hydroxylation is 2. The Balaban J connectivity index is 1.92. The van der Waals surface area contributed by atoms with Gasteiger partial charge in [-0.25, -0.2) is 0 Å². The van der Waals surface area contributed by atoms with Crippen molar-refractivity contribution < 1.29 is 22.6 Å². The molecule has 0 radical (unpaired) electrons. The summed E-state index contributed by atoms with van der Waals surface area (Å²) in [5.74, 6) is 1.34. The van der Waals surface area contributed by atoms with Gasteiger partial charge in [0.15, 0.2) is 11.5 Å². The Kier molecular flexibility index (Phi) is 5.47. The number of halogens is 3. The maximum Gasteiger partial charge on any atom is 0.433 e. The fourth-order valence-electron chi connectivity index (χ4n) is 2.27. The number of aromatic nitrogens is 1. The molecule has 6 heteroatoms. The monoisotopic (exact) mass is 325 g/mol. The third-order valence-corrected chi connectivity index (χ3v) is 3.49. The molecule has 0 spiro atoms. The van der Waals surface area contributed by atoms with E-state index in [-0.39, 0.29) is 0 Å². The zero-order valence-corrected chi connectivity index (χ0v) is 13.0. The van der Waals surface area contributed by atoms with E-state index < -0.39 is 11.9 Å². The van der Waals surface area contributed by atoms with Gasteiger partial charge in [0.2, 0.25) is 0 Å². The van der Waals surface area contributed by atoms with E-state index in [4.69, 9.17) is 9.47 Å². The van der Waals surface area contributed by atoms with Gasteiger partial charge >= 0.3 is 6.18 Å². The van der Waals surface area contributed by atoms with Crippen molar-refractivity contribution >= 4 is 0 Å². The molecule has 1 aromatic heterocycles. The highest BCUT2D eigenvalue weighted by Gasteiger charge is 2.31. The van der Waals surface area contributed by atoms with E-state index in [1.807, 2.05) is 18.2 Å². The number of ether oxygens (including phenoxy) is 2. The molecule has 0 saturated carbocycles. The van der Waals surface area contributed by atoms with Gasteiger partial charge in [0, 0.05) is 6.20 Å². The predicted molar refractivity (Wildman–Crippen MR) is 80.8 cm³/mol. The average molecular weight is 325 g/mol. The first-order chi connectivity index (χ1) is 10.9. The van der Waals surface area contributed by atoms with Gasteiger partial charge in [-0.2, -0.15) is 13.2 Å². The van der Waals surface area contributed by atoms with Crippen LogP contribution in [0, 0.1) is 0 Å². The molecule has 0 amide bonds. The minimum absolute atomic E-state index is 0.666. The second kappa shape index (κ2) is 7.35. The lowest BCUT2D eigenvalue weighted by Gasteiger charge is -2.10. The quantitative estimate of drug-likeness (QED) is 0.794. The first-order valence-corrected chi connectivity index (χ1v) is 7.17. The van der Waals surface area contributed by atoms with Crippen molar-refractivity contribution in [1.82, 2.24) is 4.98 Å². The minimum Gasteiger partial charge on any atom is -0.493 e. The van der Waals surface area contributed by atoms with Crippen molar-refractivity contribution in [3.63, 3.8) is 0 Å². The Morgan fingerprint density at radius 2 is 1.57 bits per heavy atom. The predicted octanol–water partition coefficient (Wildman–Crippen LogP) is 4.29. The van der Waals surface area contributed by atoms with Crippen molar-refractivity contribution in [1.29, 1.82) is 0 Å². The first-order valence-electron chi connectivity index (χ1n) is 7.17. The summed E-state index contributed by atoms with van der Waals surface area (Å²) in [6, 6.07) is 8.19. The van der Waals surface area contributed by atoms with Crippen LogP contribution in [0.15, 0.2) is 36.5 Å². The standard InChI is InChI=1S/C17H18F3NO2/c1-22-14-8-6-12(10-15(14)23-2)4-3-5-13-7-9-16(21-11-13)17(18,19)20/h6-11H,3-5H2,1-2H3. The highest BCUT2D eigenvalue weighted by atomic mass is 19.4. The molecule has 0 N–H and O–H groups in total. The lowest BCUT2D eigenvalue weighted by molar-refractivity contribution is -0.141. The molecule has 0 unspecified atom stereocenters. The molecular weight excluding hydrogens is 307 g/mol. The molecule has 0 saturated heterocycles. The molecule has 124 valence electrons. The topological polar surface area (TPSA) is 31.4 Å². The van der Waals surface area contributed by atoms with Gasteiger partial charge in [0.1, 0.15) is 5.69 Å². The van der Waals surface area contributed by atoms with E-state index in [2.05, 4.69) is 4.98 Å². The summed E-state index contributed by atoms with van der Waals surface area (Å²) in [4.78, 5) is 3.46. The number of nitrogens with zero attached hydrogens (tertiary/aromatic N) is 1. The zero-order chi connectivity index (χ0) is 16.9. The number of methoxy groups -OCH3 is 2. The summed E-state index contributed by atoms with van der Waals surface area (Å²) < 4.78 is 47.7. The van der Waals surface area contributed by atoms with Crippen molar-refractivity contribution in [2.45, 2.75) is 25.4 Å². The molecule has 0 aliphatic heterocycles. The Morgan fingerprint density at radius 3 is 2.13 bits per heavy atom. The third kappa shape index (κ3) is 4.61. The molecule has 0 bridgehead atoms. The van der Waals surface area contributed by atoms with Gasteiger partial charge in [0.25, 0.3) is 0 Å². The SMILES string of the molecule is COc1ccc(CCCc2ccc(C(F)(F)F)nc2)cc1OC. The fourth-order valence-corrected chi connectivity index (χ4v) is 2.27. The number of hydrogen-bond donors (Lipinski definition) is 0. The molecule has 3 nitrogen and oxygen atoms in total. The molecule has 0 fully saturated rings. The second-order valence-electron chi connectivity index (χ2n) is 5.09. The maximum absolute atomic E-state index is 12.4. The van der Waals surface area contributed by atoms with Crippen LogP contribution in [-0.2, 0) is 19.0 Å². The Labute approximate surface area is 133 Å². The van der Waals surface area contributed by atoms with Crippen LogP contribution in [0.4, 0.5) is 13.2 Å². The molecule has 0 atom stereocenters. The molecule has 2 aromatic rings. The van der Waals surface area contributed by atoms with Crippen LogP contribution in [0.3, 0.4) is 0 Å². The van der Waals surface area contributed by atoms with Crippen LogP contribution < -0.4 is 9.47 Å². The summed E-state index contributed by atoms with van der Waals surface area (Å²) >= 11 is 0. The van der Waals surface area contributed by atoms with Gasteiger partial charge in [0.05, 0.1) is 14.2 Å². The second-order valence-corrected chi connectivity index (χ2v) is 5.09. The van der Waals surface area contributed by atoms with E-state index in [9.17, 15) is 13.2 Å². The molecule has 1 heterocycles. The summed E-state index contributed by atoms with van der Waals surface area (Å²) in [7, 11) is 3.16. The summed E-state index contributed by atoms with van der Waals surface area (Å²) in [5, 5.41) is 0. The van der Waals surface area contributed by atoms with E-state index >= 15 is 0 Å². The van der Waals surface area contributed by atoms with Crippen molar-refractivity contribution in [2.75, 3.05) is 14.2 Å². The number of benzene rings is 1. The van der Waals surface area contributed by atoms with Crippen LogP contribution in [0.25, 0.3) is 0 Å². The third-order valence-electron chi connectivity index (χ3n) is 3.49. The van der Waals surface area contributed by atoms with E-state index in [0.717, 1.165) is 30.0 Å².